The van der Waals surface area contributed by atoms with Gasteiger partial charge in [-0.15, -0.1) is 0 Å². The number of carboxylic acids is 1. The van der Waals surface area contributed by atoms with Crippen LogP contribution in [0, 0.1) is 17.8 Å². The molecule has 2 N–H and O–H groups in total. The Morgan fingerprint density at radius 1 is 1.27 bits per heavy atom. The Bertz CT molecular complexity index is 413. The number of piperidine rings is 1. The average Bonchev–Trinajstić information content (AvgIpc) is 2.46. The number of amides is 2. The summed E-state index contributed by atoms with van der Waals surface area (Å²) in [7, 11) is 0. The van der Waals surface area contributed by atoms with Crippen molar-refractivity contribution in [2.45, 2.75) is 52.2 Å². The largest absolute Gasteiger partial charge is 0.481 e. The van der Waals surface area contributed by atoms with Crippen molar-refractivity contribution >= 4 is 12.0 Å². The fourth-order valence-electron chi connectivity index (χ4n) is 3.39. The number of carboxylic acid groups (broad SMARTS) is 1. The Kier molecular flexibility index (Phi) is 5.67. The fraction of sp³-hybridized carbons (Fsp3) is 0.875. The lowest BCUT2D eigenvalue weighted by atomic mass is 9.90. The van der Waals surface area contributed by atoms with E-state index in [-0.39, 0.29) is 24.1 Å². The minimum Gasteiger partial charge on any atom is -0.481 e. The molecule has 0 saturated carbocycles. The third kappa shape index (κ3) is 4.35. The zero-order valence-electron chi connectivity index (χ0n) is 13.7. The summed E-state index contributed by atoms with van der Waals surface area (Å²) in [6.07, 6.45) is 2.48. The molecule has 6 heteroatoms. The molecule has 2 amide bonds. The van der Waals surface area contributed by atoms with Gasteiger partial charge in [0.15, 0.2) is 0 Å². The highest BCUT2D eigenvalue weighted by Gasteiger charge is 2.33. The first kappa shape index (κ1) is 17.1. The van der Waals surface area contributed by atoms with Gasteiger partial charge in [-0.05, 0) is 31.1 Å². The quantitative estimate of drug-likeness (QED) is 0.835. The van der Waals surface area contributed by atoms with Gasteiger partial charge in [0.25, 0.3) is 0 Å². The van der Waals surface area contributed by atoms with Crippen molar-refractivity contribution in [3.63, 3.8) is 0 Å². The number of aliphatic carboxylic acids is 1. The number of carbonyl (C=O) groups is 2. The van der Waals surface area contributed by atoms with E-state index in [0.29, 0.717) is 32.0 Å². The Morgan fingerprint density at radius 2 is 2.00 bits per heavy atom. The van der Waals surface area contributed by atoms with Crippen LogP contribution in [0.15, 0.2) is 0 Å². The minimum atomic E-state index is -0.810. The molecule has 4 atom stereocenters. The van der Waals surface area contributed by atoms with Crippen LogP contribution < -0.4 is 5.32 Å². The molecule has 126 valence electrons. The second-order valence-corrected chi connectivity index (χ2v) is 7.11. The van der Waals surface area contributed by atoms with E-state index in [4.69, 9.17) is 4.74 Å². The maximum Gasteiger partial charge on any atom is 0.317 e. The lowest BCUT2D eigenvalue weighted by Crippen LogP contribution is -2.53. The van der Waals surface area contributed by atoms with Gasteiger partial charge in [0.2, 0.25) is 0 Å². The van der Waals surface area contributed by atoms with E-state index in [9.17, 15) is 14.7 Å². The molecule has 0 bridgehead atoms. The van der Waals surface area contributed by atoms with Crippen molar-refractivity contribution in [2.75, 3.05) is 19.7 Å². The zero-order valence-corrected chi connectivity index (χ0v) is 13.7. The summed E-state index contributed by atoms with van der Waals surface area (Å²) in [4.78, 5) is 25.3. The predicted octanol–water partition coefficient (Wildman–Crippen LogP) is 1.94. The fourth-order valence-corrected chi connectivity index (χ4v) is 3.39. The summed E-state index contributed by atoms with van der Waals surface area (Å²) in [5, 5.41) is 12.3. The Labute approximate surface area is 132 Å². The van der Waals surface area contributed by atoms with Gasteiger partial charge in [-0.1, -0.05) is 20.8 Å². The number of ether oxygens (including phenoxy) is 1. The second kappa shape index (κ2) is 7.31. The molecule has 0 radical (unpaired) electrons. The van der Waals surface area contributed by atoms with Gasteiger partial charge in [0, 0.05) is 25.7 Å². The SMILES string of the molecule is CC1CC(C(=O)O)CN(C(=O)NC2CCOC(C(C)C)C2)C1. The highest BCUT2D eigenvalue weighted by Crippen LogP contribution is 2.23. The Hall–Kier alpha value is -1.30. The zero-order chi connectivity index (χ0) is 16.3. The van der Waals surface area contributed by atoms with Gasteiger partial charge in [-0.25, -0.2) is 4.79 Å². The van der Waals surface area contributed by atoms with Gasteiger partial charge in [0.05, 0.1) is 12.0 Å². The van der Waals surface area contributed by atoms with E-state index >= 15 is 0 Å². The molecule has 2 aliphatic heterocycles. The summed E-state index contributed by atoms with van der Waals surface area (Å²) >= 11 is 0. The minimum absolute atomic E-state index is 0.120. The van der Waals surface area contributed by atoms with Crippen molar-refractivity contribution in [2.24, 2.45) is 17.8 Å². The highest BCUT2D eigenvalue weighted by molar-refractivity contribution is 5.76. The van der Waals surface area contributed by atoms with Gasteiger partial charge in [-0.2, -0.15) is 0 Å². The summed E-state index contributed by atoms with van der Waals surface area (Å²) in [6, 6.07) is -0.0126. The smallest absolute Gasteiger partial charge is 0.317 e. The molecule has 0 aliphatic carbocycles. The first-order valence-corrected chi connectivity index (χ1v) is 8.26. The van der Waals surface area contributed by atoms with Gasteiger partial charge < -0.3 is 20.1 Å². The summed E-state index contributed by atoms with van der Waals surface area (Å²) in [5.74, 6) is -0.604. The van der Waals surface area contributed by atoms with Crippen molar-refractivity contribution < 1.29 is 19.4 Å². The maximum absolute atomic E-state index is 12.4. The van der Waals surface area contributed by atoms with E-state index in [2.05, 4.69) is 19.2 Å². The van der Waals surface area contributed by atoms with E-state index < -0.39 is 11.9 Å². The molecule has 6 nitrogen and oxygen atoms in total. The third-order valence-corrected chi connectivity index (χ3v) is 4.68. The van der Waals surface area contributed by atoms with E-state index in [1.54, 1.807) is 4.90 Å². The number of nitrogens with one attached hydrogen (secondary N) is 1. The molecule has 2 heterocycles. The Morgan fingerprint density at radius 3 is 2.64 bits per heavy atom. The summed E-state index contributed by atoms with van der Waals surface area (Å²) < 4.78 is 5.72. The number of rotatable bonds is 3. The predicted molar refractivity (Wildman–Crippen MR) is 82.6 cm³/mol. The Balaban J connectivity index is 1.89. The van der Waals surface area contributed by atoms with E-state index in [1.165, 1.54) is 0 Å². The van der Waals surface area contributed by atoms with Crippen LogP contribution in [-0.2, 0) is 9.53 Å². The van der Waals surface area contributed by atoms with Crippen molar-refractivity contribution in [1.82, 2.24) is 10.2 Å². The monoisotopic (exact) mass is 312 g/mol. The standard InChI is InChI=1S/C16H28N2O4/c1-10(2)14-7-13(4-5-22-14)17-16(21)18-8-11(3)6-12(9-18)15(19)20/h10-14H,4-9H2,1-3H3,(H,17,21)(H,19,20). The van der Waals surface area contributed by atoms with Crippen molar-refractivity contribution in [3.05, 3.63) is 0 Å². The average molecular weight is 312 g/mol. The highest BCUT2D eigenvalue weighted by atomic mass is 16.5. The molecule has 0 aromatic carbocycles. The van der Waals surface area contributed by atoms with Gasteiger partial charge in [0.1, 0.15) is 0 Å². The molecule has 2 saturated heterocycles. The molecular weight excluding hydrogens is 284 g/mol. The number of nitrogens with zero attached hydrogens (tertiary/aromatic N) is 1. The molecular formula is C16H28N2O4. The number of hydrogen-bond acceptors (Lipinski definition) is 3. The van der Waals surface area contributed by atoms with Crippen LogP contribution in [0.4, 0.5) is 4.79 Å². The van der Waals surface area contributed by atoms with Crippen LogP contribution in [0.3, 0.4) is 0 Å². The first-order chi connectivity index (χ1) is 10.4. The summed E-state index contributed by atoms with van der Waals surface area (Å²) in [6.45, 7) is 7.85. The number of likely N-dealkylation sites (tertiary alicyclic amines) is 1. The van der Waals surface area contributed by atoms with Crippen molar-refractivity contribution in [3.8, 4) is 0 Å². The number of urea groups is 1. The van der Waals surface area contributed by atoms with E-state index in [1.807, 2.05) is 6.92 Å². The molecule has 0 spiro atoms. The maximum atomic E-state index is 12.4. The van der Waals surface area contributed by atoms with Crippen LogP contribution in [0.25, 0.3) is 0 Å². The topological polar surface area (TPSA) is 78.9 Å². The summed E-state index contributed by atoms with van der Waals surface area (Å²) in [5.41, 5.74) is 0. The molecule has 4 unspecified atom stereocenters. The number of hydrogen-bond donors (Lipinski definition) is 2. The molecule has 2 aliphatic rings. The van der Waals surface area contributed by atoms with Gasteiger partial charge >= 0.3 is 12.0 Å². The first-order valence-electron chi connectivity index (χ1n) is 8.26. The van der Waals surface area contributed by atoms with Gasteiger partial charge in [-0.3, -0.25) is 4.79 Å². The molecule has 0 aromatic heterocycles. The van der Waals surface area contributed by atoms with Crippen LogP contribution in [-0.4, -0.2) is 53.8 Å². The molecule has 22 heavy (non-hydrogen) atoms. The lowest BCUT2D eigenvalue weighted by molar-refractivity contribution is -0.143. The third-order valence-electron chi connectivity index (χ3n) is 4.68. The second-order valence-electron chi connectivity index (χ2n) is 7.11. The lowest BCUT2D eigenvalue weighted by Gasteiger charge is -2.37. The molecule has 2 fully saturated rings. The van der Waals surface area contributed by atoms with E-state index in [0.717, 1.165) is 12.8 Å². The number of carbonyl (C=O) groups excluding carboxylic acids is 1. The van der Waals surface area contributed by atoms with Crippen LogP contribution >= 0.6 is 0 Å². The molecule has 0 aromatic rings. The normalized spacial score (nSPS) is 32.8. The molecule has 2 rings (SSSR count). The van der Waals surface area contributed by atoms with Crippen molar-refractivity contribution in [1.29, 1.82) is 0 Å². The van der Waals surface area contributed by atoms with Crippen LogP contribution in [0.1, 0.15) is 40.0 Å². The van der Waals surface area contributed by atoms with Crippen LogP contribution in [0.5, 0.6) is 0 Å². The van der Waals surface area contributed by atoms with Crippen LogP contribution in [0.2, 0.25) is 0 Å².